The maximum Gasteiger partial charge on any atom is 0.254 e. The summed E-state index contributed by atoms with van der Waals surface area (Å²) in [6.45, 7) is 5.99. The highest BCUT2D eigenvalue weighted by Gasteiger charge is 2.30. The number of amides is 1. The number of hydrogen-bond acceptors (Lipinski definition) is 3. The van der Waals surface area contributed by atoms with Crippen molar-refractivity contribution < 1.29 is 4.79 Å². The molecule has 4 rings (SSSR count). The maximum atomic E-state index is 13.3. The van der Waals surface area contributed by atoms with E-state index in [0.717, 1.165) is 53.9 Å². The van der Waals surface area contributed by atoms with E-state index in [-0.39, 0.29) is 5.91 Å². The summed E-state index contributed by atoms with van der Waals surface area (Å²) in [7, 11) is 1.92. The number of pyridine rings is 1. The molecular formula is C19H26N4O. The number of aryl methyl sites for hydroxylation is 2. The lowest BCUT2D eigenvalue weighted by Crippen LogP contribution is -2.32. The molecule has 5 heteroatoms. The van der Waals surface area contributed by atoms with Crippen LogP contribution in [-0.2, 0) is 7.05 Å². The number of carbonyl (C=O) groups is 1. The zero-order valence-corrected chi connectivity index (χ0v) is 14.9. The molecule has 1 saturated heterocycles. The number of aromatic nitrogens is 3. The van der Waals surface area contributed by atoms with E-state index in [1.165, 1.54) is 19.3 Å². The molecule has 0 aromatic carbocycles. The minimum atomic E-state index is 0.162. The Morgan fingerprint density at radius 2 is 2.00 bits per heavy atom. The van der Waals surface area contributed by atoms with Gasteiger partial charge in [-0.2, -0.15) is 5.10 Å². The summed E-state index contributed by atoms with van der Waals surface area (Å²) in [6, 6.07) is 2.05. The molecule has 24 heavy (non-hydrogen) atoms. The summed E-state index contributed by atoms with van der Waals surface area (Å²) in [5.74, 6) is 1.40. The van der Waals surface area contributed by atoms with Gasteiger partial charge < -0.3 is 4.90 Å². The van der Waals surface area contributed by atoms with E-state index in [0.29, 0.717) is 11.8 Å². The van der Waals surface area contributed by atoms with Crippen molar-refractivity contribution in [3.05, 3.63) is 23.0 Å². The molecule has 1 aliphatic carbocycles. The van der Waals surface area contributed by atoms with E-state index >= 15 is 0 Å². The van der Waals surface area contributed by atoms with Crippen LogP contribution in [0, 0.1) is 12.8 Å². The van der Waals surface area contributed by atoms with Gasteiger partial charge in [-0.3, -0.25) is 9.48 Å². The predicted molar refractivity (Wildman–Crippen MR) is 94.1 cm³/mol. The number of likely N-dealkylation sites (tertiary alicyclic amines) is 1. The molecule has 1 aliphatic heterocycles. The lowest BCUT2D eigenvalue weighted by molar-refractivity contribution is 0.0762. The molecule has 0 unspecified atom stereocenters. The molecule has 128 valence electrons. The fraction of sp³-hybridized carbons (Fsp3) is 0.632. The number of hydrogen-bond donors (Lipinski definition) is 0. The van der Waals surface area contributed by atoms with Crippen molar-refractivity contribution in [1.82, 2.24) is 19.7 Å². The average Bonchev–Trinajstić information content (AvgIpc) is 3.37. The smallest absolute Gasteiger partial charge is 0.254 e. The van der Waals surface area contributed by atoms with E-state index in [2.05, 4.69) is 12.0 Å². The standard InChI is InChI=1S/C19H26N4O/c1-12-5-4-9-23(10-8-12)19(24)15-11-16(14-6-7-14)20-18-17(15)13(2)21-22(18)3/h11-12,14H,4-10H2,1-3H3/t12-/m0/s1. The second kappa shape index (κ2) is 5.87. The first-order chi connectivity index (χ1) is 11.5. The van der Waals surface area contributed by atoms with Crippen LogP contribution in [0.5, 0.6) is 0 Å². The third kappa shape index (κ3) is 2.70. The second-order valence-electron chi connectivity index (χ2n) is 7.60. The van der Waals surface area contributed by atoms with Gasteiger partial charge in [-0.25, -0.2) is 4.98 Å². The zero-order valence-electron chi connectivity index (χ0n) is 14.9. The van der Waals surface area contributed by atoms with Crippen LogP contribution < -0.4 is 0 Å². The number of nitrogens with zero attached hydrogens (tertiary/aromatic N) is 4. The first-order valence-electron chi connectivity index (χ1n) is 9.18. The normalized spacial score (nSPS) is 22.0. The Labute approximate surface area is 143 Å². The third-order valence-corrected chi connectivity index (χ3v) is 5.52. The van der Waals surface area contributed by atoms with Crippen LogP contribution >= 0.6 is 0 Å². The van der Waals surface area contributed by atoms with Crippen molar-refractivity contribution in [2.45, 2.75) is 51.9 Å². The Balaban J connectivity index is 1.78. The fourth-order valence-electron chi connectivity index (χ4n) is 3.86. The van der Waals surface area contributed by atoms with Gasteiger partial charge in [-0.05, 0) is 51.0 Å². The van der Waals surface area contributed by atoms with Crippen LogP contribution in [-0.4, -0.2) is 38.7 Å². The van der Waals surface area contributed by atoms with Gasteiger partial charge in [0, 0.05) is 31.7 Å². The van der Waals surface area contributed by atoms with Gasteiger partial charge in [0.25, 0.3) is 5.91 Å². The Hall–Kier alpha value is -1.91. The molecule has 2 fully saturated rings. The molecule has 0 spiro atoms. The Bertz CT molecular complexity index is 790. The SMILES string of the molecule is Cc1nn(C)c2nc(C3CC3)cc(C(=O)N3CCC[C@H](C)CC3)c12. The Kier molecular flexibility index (Phi) is 3.82. The summed E-state index contributed by atoms with van der Waals surface area (Å²) in [6.07, 6.45) is 5.79. The number of carbonyl (C=O) groups excluding carboxylic acids is 1. The average molecular weight is 326 g/mol. The quantitative estimate of drug-likeness (QED) is 0.850. The molecule has 0 bridgehead atoms. The molecule has 1 saturated carbocycles. The maximum absolute atomic E-state index is 13.3. The van der Waals surface area contributed by atoms with E-state index in [9.17, 15) is 4.79 Å². The summed E-state index contributed by atoms with van der Waals surface area (Å²) in [4.78, 5) is 20.1. The minimum Gasteiger partial charge on any atom is -0.339 e. The Morgan fingerprint density at radius 1 is 1.21 bits per heavy atom. The van der Waals surface area contributed by atoms with Crippen LogP contribution in [0.4, 0.5) is 0 Å². The Morgan fingerprint density at radius 3 is 2.75 bits per heavy atom. The van der Waals surface area contributed by atoms with Gasteiger partial charge in [0.1, 0.15) is 0 Å². The van der Waals surface area contributed by atoms with Crippen molar-refractivity contribution in [2.75, 3.05) is 13.1 Å². The van der Waals surface area contributed by atoms with Gasteiger partial charge in [0.15, 0.2) is 5.65 Å². The molecule has 0 radical (unpaired) electrons. The minimum absolute atomic E-state index is 0.162. The van der Waals surface area contributed by atoms with E-state index in [4.69, 9.17) is 4.98 Å². The molecule has 2 aromatic heterocycles. The third-order valence-electron chi connectivity index (χ3n) is 5.52. The molecule has 1 amide bonds. The summed E-state index contributed by atoms with van der Waals surface area (Å²) in [5, 5.41) is 5.45. The highest BCUT2D eigenvalue weighted by atomic mass is 16.2. The fourth-order valence-corrected chi connectivity index (χ4v) is 3.86. The molecule has 1 atom stereocenters. The molecule has 5 nitrogen and oxygen atoms in total. The molecular weight excluding hydrogens is 300 g/mol. The number of rotatable bonds is 2. The first kappa shape index (κ1) is 15.6. The molecule has 2 aromatic rings. The van der Waals surface area contributed by atoms with Gasteiger partial charge >= 0.3 is 0 Å². The summed E-state index contributed by atoms with van der Waals surface area (Å²) in [5.41, 5.74) is 3.62. The van der Waals surface area contributed by atoms with Crippen LogP contribution in [0.2, 0.25) is 0 Å². The topological polar surface area (TPSA) is 51.0 Å². The van der Waals surface area contributed by atoms with Gasteiger partial charge in [0.05, 0.1) is 16.6 Å². The zero-order chi connectivity index (χ0) is 16.8. The van der Waals surface area contributed by atoms with Crippen molar-refractivity contribution in [1.29, 1.82) is 0 Å². The van der Waals surface area contributed by atoms with Gasteiger partial charge in [-0.1, -0.05) is 6.92 Å². The highest BCUT2D eigenvalue weighted by Crippen LogP contribution is 2.40. The van der Waals surface area contributed by atoms with E-state index in [1.54, 1.807) is 0 Å². The van der Waals surface area contributed by atoms with Crippen LogP contribution in [0.1, 0.15) is 66.7 Å². The lowest BCUT2D eigenvalue weighted by Gasteiger charge is -2.21. The predicted octanol–water partition coefficient (Wildman–Crippen LogP) is 3.42. The van der Waals surface area contributed by atoms with Gasteiger partial charge in [0.2, 0.25) is 0 Å². The summed E-state index contributed by atoms with van der Waals surface area (Å²) >= 11 is 0. The second-order valence-corrected chi connectivity index (χ2v) is 7.60. The van der Waals surface area contributed by atoms with Gasteiger partial charge in [-0.15, -0.1) is 0 Å². The van der Waals surface area contributed by atoms with Crippen molar-refractivity contribution >= 4 is 16.9 Å². The number of fused-ring (bicyclic) bond motifs is 1. The molecule has 0 N–H and O–H groups in total. The van der Waals surface area contributed by atoms with Crippen molar-refractivity contribution in [3.63, 3.8) is 0 Å². The largest absolute Gasteiger partial charge is 0.339 e. The van der Waals surface area contributed by atoms with E-state index in [1.807, 2.05) is 29.6 Å². The highest BCUT2D eigenvalue weighted by molar-refractivity contribution is 6.06. The first-order valence-corrected chi connectivity index (χ1v) is 9.18. The van der Waals surface area contributed by atoms with E-state index < -0.39 is 0 Å². The molecule has 2 aliphatic rings. The van der Waals surface area contributed by atoms with Crippen LogP contribution in [0.15, 0.2) is 6.07 Å². The van der Waals surface area contributed by atoms with Crippen LogP contribution in [0.25, 0.3) is 11.0 Å². The molecule has 3 heterocycles. The van der Waals surface area contributed by atoms with Crippen molar-refractivity contribution in [3.8, 4) is 0 Å². The van der Waals surface area contributed by atoms with Crippen LogP contribution in [0.3, 0.4) is 0 Å². The monoisotopic (exact) mass is 326 g/mol. The van der Waals surface area contributed by atoms with Crippen molar-refractivity contribution in [2.24, 2.45) is 13.0 Å². The summed E-state index contributed by atoms with van der Waals surface area (Å²) < 4.78 is 1.82. The lowest BCUT2D eigenvalue weighted by atomic mass is 10.0.